The normalized spacial score (nSPS) is 21.0. The van der Waals surface area contributed by atoms with Gasteiger partial charge in [0.15, 0.2) is 0 Å². The van der Waals surface area contributed by atoms with Crippen molar-refractivity contribution in [1.82, 2.24) is 20.0 Å². The molecule has 2 aliphatic rings. The molecule has 162 valence electrons. The predicted octanol–water partition coefficient (Wildman–Crippen LogP) is 2.93. The minimum Gasteiger partial charge on any atom is -0.405 e. The lowest BCUT2D eigenvalue weighted by Gasteiger charge is -2.40. The van der Waals surface area contributed by atoms with Crippen LogP contribution in [-0.4, -0.2) is 56.7 Å². The van der Waals surface area contributed by atoms with E-state index in [1.54, 1.807) is 6.92 Å². The van der Waals surface area contributed by atoms with Crippen LogP contribution in [0.5, 0.6) is 0 Å². The zero-order valence-electron chi connectivity index (χ0n) is 18.2. The van der Waals surface area contributed by atoms with Crippen LogP contribution in [0.15, 0.2) is 16.5 Å². The molecule has 2 atom stereocenters. The zero-order valence-corrected chi connectivity index (χ0v) is 18.2. The van der Waals surface area contributed by atoms with Crippen molar-refractivity contribution in [2.45, 2.75) is 59.2 Å². The van der Waals surface area contributed by atoms with Crippen LogP contribution in [0, 0.1) is 19.8 Å². The second kappa shape index (κ2) is 8.35. The Hall–Kier alpha value is -2.45. The molecule has 2 fully saturated rings. The van der Waals surface area contributed by atoms with Crippen LogP contribution in [-0.2, 0) is 11.3 Å². The number of rotatable bonds is 6. The summed E-state index contributed by atoms with van der Waals surface area (Å²) in [4.78, 5) is 17.0. The van der Waals surface area contributed by atoms with Gasteiger partial charge in [-0.15, -0.1) is 5.10 Å². The quantitative estimate of drug-likeness (QED) is 0.752. The van der Waals surface area contributed by atoms with E-state index in [2.05, 4.69) is 58.2 Å². The molecule has 1 saturated carbocycles. The van der Waals surface area contributed by atoms with Crippen molar-refractivity contribution in [1.29, 1.82) is 0 Å². The number of aliphatic hydroxyl groups is 1. The second-order valence-electron chi connectivity index (χ2n) is 8.73. The first-order valence-corrected chi connectivity index (χ1v) is 10.7. The van der Waals surface area contributed by atoms with Gasteiger partial charge >= 0.3 is 6.01 Å². The molecule has 1 aliphatic heterocycles. The fourth-order valence-corrected chi connectivity index (χ4v) is 4.11. The van der Waals surface area contributed by atoms with Gasteiger partial charge in [-0.1, -0.05) is 11.2 Å². The van der Waals surface area contributed by atoms with Gasteiger partial charge in [0, 0.05) is 43.8 Å². The molecule has 0 spiro atoms. The number of anilines is 2. The van der Waals surface area contributed by atoms with Crippen molar-refractivity contribution >= 4 is 17.6 Å². The lowest BCUT2D eigenvalue weighted by Crippen LogP contribution is -2.54. The van der Waals surface area contributed by atoms with Gasteiger partial charge in [-0.25, -0.2) is 0 Å². The molecular weight excluding hydrogens is 382 g/mol. The molecule has 8 nitrogen and oxygen atoms in total. The SMILES string of the molecule is Cc1cc(CN2CCN(C(=O)C3CC3)[C@@H](C)C2)c(C)c(Nc2nnc(C(C)O)o2)c1. The molecule has 1 aliphatic carbocycles. The monoisotopic (exact) mass is 413 g/mol. The molecule has 1 aromatic heterocycles. The van der Waals surface area contributed by atoms with Gasteiger partial charge in [0.2, 0.25) is 11.8 Å². The van der Waals surface area contributed by atoms with Crippen LogP contribution in [0.1, 0.15) is 55.4 Å². The Morgan fingerprint density at radius 3 is 2.70 bits per heavy atom. The van der Waals surface area contributed by atoms with E-state index < -0.39 is 6.10 Å². The number of hydrogen-bond acceptors (Lipinski definition) is 7. The van der Waals surface area contributed by atoms with Crippen LogP contribution in [0.2, 0.25) is 0 Å². The summed E-state index contributed by atoms with van der Waals surface area (Å²) in [6.45, 7) is 11.3. The number of aryl methyl sites for hydroxylation is 1. The highest BCUT2D eigenvalue weighted by molar-refractivity contribution is 5.81. The Labute approximate surface area is 177 Å². The molecule has 2 N–H and O–H groups in total. The molecule has 8 heteroatoms. The molecule has 1 saturated heterocycles. The topological polar surface area (TPSA) is 94.7 Å². The summed E-state index contributed by atoms with van der Waals surface area (Å²) in [5.74, 6) is 0.817. The van der Waals surface area contributed by atoms with Gasteiger partial charge in [0.1, 0.15) is 6.10 Å². The van der Waals surface area contributed by atoms with Crippen molar-refractivity contribution in [3.8, 4) is 0 Å². The number of nitrogens with one attached hydrogen (secondary N) is 1. The summed E-state index contributed by atoms with van der Waals surface area (Å²) >= 11 is 0. The Bertz CT molecular complexity index is 921. The summed E-state index contributed by atoms with van der Waals surface area (Å²) in [6.07, 6.45) is 1.32. The van der Waals surface area contributed by atoms with E-state index in [0.29, 0.717) is 5.91 Å². The summed E-state index contributed by atoms with van der Waals surface area (Å²) in [5.41, 5.74) is 4.42. The van der Waals surface area contributed by atoms with E-state index in [1.165, 1.54) is 5.56 Å². The van der Waals surface area contributed by atoms with Crippen molar-refractivity contribution in [2.75, 3.05) is 25.0 Å². The Morgan fingerprint density at radius 2 is 2.07 bits per heavy atom. The third kappa shape index (κ3) is 4.49. The zero-order chi connectivity index (χ0) is 21.4. The average Bonchev–Trinajstić information content (AvgIpc) is 3.43. The molecule has 1 aromatic carbocycles. The van der Waals surface area contributed by atoms with Gasteiger partial charge in [-0.3, -0.25) is 9.69 Å². The molecule has 30 heavy (non-hydrogen) atoms. The lowest BCUT2D eigenvalue weighted by atomic mass is 10.0. The number of hydrogen-bond donors (Lipinski definition) is 2. The van der Waals surface area contributed by atoms with E-state index in [0.717, 1.165) is 55.8 Å². The summed E-state index contributed by atoms with van der Waals surface area (Å²) in [7, 11) is 0. The van der Waals surface area contributed by atoms with Crippen LogP contribution in [0.4, 0.5) is 11.7 Å². The fraction of sp³-hybridized carbons (Fsp3) is 0.591. The number of aliphatic hydroxyl groups excluding tert-OH is 1. The maximum atomic E-state index is 12.5. The first-order chi connectivity index (χ1) is 14.3. The van der Waals surface area contributed by atoms with Crippen molar-refractivity contribution in [2.24, 2.45) is 5.92 Å². The third-order valence-corrected chi connectivity index (χ3v) is 6.01. The minimum atomic E-state index is -0.797. The van der Waals surface area contributed by atoms with Crippen LogP contribution < -0.4 is 5.32 Å². The van der Waals surface area contributed by atoms with Crippen LogP contribution in [0.25, 0.3) is 0 Å². The average molecular weight is 414 g/mol. The number of piperazine rings is 1. The predicted molar refractivity (Wildman–Crippen MR) is 113 cm³/mol. The van der Waals surface area contributed by atoms with E-state index in [1.807, 2.05) is 0 Å². The Kier molecular flexibility index (Phi) is 5.79. The standard InChI is InChI=1S/C22H31N5O3/c1-13-9-18(12-26-7-8-27(14(2)11-26)21(29)17-5-6-17)15(3)19(10-13)23-22-25-24-20(30-22)16(4)28/h9-10,14,16-17,28H,5-8,11-12H2,1-4H3,(H,23,25)/t14-,16?/m0/s1. The number of amides is 1. The van der Waals surface area contributed by atoms with Gasteiger partial charge in [-0.05, 0) is 63.3 Å². The maximum absolute atomic E-state index is 12.5. The molecule has 0 bridgehead atoms. The number of carbonyl (C=O) groups excluding carboxylic acids is 1. The van der Waals surface area contributed by atoms with E-state index >= 15 is 0 Å². The van der Waals surface area contributed by atoms with Crippen LogP contribution >= 0.6 is 0 Å². The second-order valence-corrected chi connectivity index (χ2v) is 8.73. The number of carbonyl (C=O) groups is 1. The first-order valence-electron chi connectivity index (χ1n) is 10.7. The maximum Gasteiger partial charge on any atom is 0.320 e. The summed E-state index contributed by atoms with van der Waals surface area (Å²) < 4.78 is 5.48. The molecule has 1 amide bonds. The van der Waals surface area contributed by atoms with Gasteiger partial charge in [0.25, 0.3) is 0 Å². The largest absolute Gasteiger partial charge is 0.405 e. The fourth-order valence-electron chi connectivity index (χ4n) is 4.11. The summed E-state index contributed by atoms with van der Waals surface area (Å²) in [5, 5.41) is 20.6. The smallest absolute Gasteiger partial charge is 0.320 e. The molecule has 4 rings (SSSR count). The Morgan fingerprint density at radius 1 is 1.30 bits per heavy atom. The van der Waals surface area contributed by atoms with Gasteiger partial charge in [-0.2, -0.15) is 0 Å². The molecule has 2 heterocycles. The number of nitrogens with zero attached hydrogens (tertiary/aromatic N) is 4. The highest BCUT2D eigenvalue weighted by Crippen LogP contribution is 2.32. The third-order valence-electron chi connectivity index (χ3n) is 6.01. The number of aromatic nitrogens is 2. The molecule has 2 aromatic rings. The lowest BCUT2D eigenvalue weighted by molar-refractivity contribution is -0.137. The van der Waals surface area contributed by atoms with Crippen LogP contribution in [0.3, 0.4) is 0 Å². The van der Waals surface area contributed by atoms with Gasteiger partial charge < -0.3 is 19.7 Å². The molecular formula is C22H31N5O3. The molecule has 1 unspecified atom stereocenters. The number of benzene rings is 1. The molecule has 0 radical (unpaired) electrons. The Balaban J connectivity index is 1.44. The highest BCUT2D eigenvalue weighted by Gasteiger charge is 2.37. The van der Waals surface area contributed by atoms with Crippen molar-refractivity contribution in [3.05, 3.63) is 34.7 Å². The van der Waals surface area contributed by atoms with Gasteiger partial charge in [0.05, 0.1) is 0 Å². The summed E-state index contributed by atoms with van der Waals surface area (Å²) in [6, 6.07) is 4.78. The highest BCUT2D eigenvalue weighted by atomic mass is 16.4. The van der Waals surface area contributed by atoms with Crippen molar-refractivity contribution in [3.63, 3.8) is 0 Å². The minimum absolute atomic E-state index is 0.190. The van der Waals surface area contributed by atoms with Crippen molar-refractivity contribution < 1.29 is 14.3 Å². The first kappa shape index (κ1) is 20.8. The van der Waals surface area contributed by atoms with E-state index in [4.69, 9.17) is 4.42 Å². The van der Waals surface area contributed by atoms with E-state index in [-0.39, 0.29) is 23.9 Å². The van der Waals surface area contributed by atoms with E-state index in [9.17, 15) is 9.90 Å².